The van der Waals surface area contributed by atoms with E-state index in [4.69, 9.17) is 9.73 Å². The fourth-order valence-corrected chi connectivity index (χ4v) is 3.12. The van der Waals surface area contributed by atoms with Crippen LogP contribution in [0.1, 0.15) is 36.6 Å². The van der Waals surface area contributed by atoms with Crippen molar-refractivity contribution in [2.24, 2.45) is 12.0 Å². The van der Waals surface area contributed by atoms with Gasteiger partial charge in [-0.1, -0.05) is 25.1 Å². The summed E-state index contributed by atoms with van der Waals surface area (Å²) in [6.07, 6.45) is 3.02. The molecule has 3 rings (SSSR count). The van der Waals surface area contributed by atoms with Gasteiger partial charge in [-0.05, 0) is 19.2 Å². The van der Waals surface area contributed by atoms with Crippen molar-refractivity contribution in [2.45, 2.75) is 38.1 Å². The number of fused-ring (bicyclic) bond motifs is 1. The molecule has 0 bridgehead atoms. The first-order chi connectivity index (χ1) is 13.1. The summed E-state index contributed by atoms with van der Waals surface area (Å²) in [5.74, 6) is 3.47. The minimum atomic E-state index is 0.173. The third-order valence-corrected chi connectivity index (χ3v) is 5.76. The van der Waals surface area contributed by atoms with Gasteiger partial charge in [0.05, 0.1) is 12.6 Å². The van der Waals surface area contributed by atoms with E-state index in [1.54, 1.807) is 0 Å². The molecule has 1 aliphatic rings. The first-order valence-corrected chi connectivity index (χ1v) is 10.5. The maximum absolute atomic E-state index is 5.77. The second-order valence-corrected chi connectivity index (χ2v) is 7.96. The van der Waals surface area contributed by atoms with Gasteiger partial charge in [0.2, 0.25) is 0 Å². The third-order valence-electron chi connectivity index (χ3n) is 4.79. The summed E-state index contributed by atoms with van der Waals surface area (Å²) in [4.78, 5) is 4.76. The van der Waals surface area contributed by atoms with Crippen molar-refractivity contribution in [1.82, 2.24) is 25.4 Å². The highest BCUT2D eigenvalue weighted by Crippen LogP contribution is 2.31. The van der Waals surface area contributed by atoms with Gasteiger partial charge >= 0.3 is 0 Å². The maximum atomic E-state index is 5.77. The molecule has 1 aromatic heterocycles. The van der Waals surface area contributed by atoms with Gasteiger partial charge in [0.1, 0.15) is 18.1 Å². The van der Waals surface area contributed by atoms with Gasteiger partial charge in [0.15, 0.2) is 11.8 Å². The molecular formula is C19H28N6OS. The third kappa shape index (κ3) is 4.94. The number of thioether (sulfide) groups is 1. The molecule has 146 valence electrons. The van der Waals surface area contributed by atoms with Gasteiger partial charge in [0.25, 0.3) is 0 Å². The number of benzene rings is 1. The van der Waals surface area contributed by atoms with Gasteiger partial charge in [-0.2, -0.15) is 11.8 Å². The van der Waals surface area contributed by atoms with Crippen molar-refractivity contribution in [3.8, 4) is 5.75 Å². The topological polar surface area (TPSA) is 76.4 Å². The van der Waals surface area contributed by atoms with Crippen LogP contribution in [-0.4, -0.2) is 45.4 Å². The van der Waals surface area contributed by atoms with E-state index in [9.17, 15) is 0 Å². The molecule has 0 radical (unpaired) electrons. The molecule has 2 N–H and O–H groups in total. The molecule has 0 fully saturated rings. The van der Waals surface area contributed by atoms with Gasteiger partial charge in [-0.15, -0.1) is 10.2 Å². The molecule has 0 saturated carbocycles. The first kappa shape index (κ1) is 19.5. The minimum Gasteiger partial charge on any atom is -0.493 e. The normalized spacial score (nSPS) is 17.8. The van der Waals surface area contributed by atoms with E-state index in [0.717, 1.165) is 36.3 Å². The highest BCUT2D eigenvalue weighted by atomic mass is 32.2. The predicted octanol–water partition coefficient (Wildman–Crippen LogP) is 2.43. The number of hydrogen-bond acceptors (Lipinski definition) is 5. The number of aromatic nitrogens is 3. The van der Waals surface area contributed by atoms with Crippen LogP contribution < -0.4 is 15.4 Å². The molecule has 2 aromatic rings. The Morgan fingerprint density at radius 1 is 1.41 bits per heavy atom. The molecule has 0 saturated heterocycles. The Bertz CT molecular complexity index is 790. The molecule has 2 heterocycles. The maximum Gasteiger partial charge on any atom is 0.192 e. The smallest absolute Gasteiger partial charge is 0.192 e. The van der Waals surface area contributed by atoms with Crippen LogP contribution in [0, 0.1) is 6.92 Å². The molecule has 0 spiro atoms. The molecule has 27 heavy (non-hydrogen) atoms. The Hall–Kier alpha value is -2.22. The lowest BCUT2D eigenvalue weighted by atomic mass is 10.0. The van der Waals surface area contributed by atoms with Crippen molar-refractivity contribution < 1.29 is 4.74 Å². The Kier molecular flexibility index (Phi) is 6.60. The predicted molar refractivity (Wildman–Crippen MR) is 110 cm³/mol. The van der Waals surface area contributed by atoms with Crippen molar-refractivity contribution in [1.29, 1.82) is 0 Å². The number of guanidine groups is 1. The van der Waals surface area contributed by atoms with Crippen LogP contribution in [0.5, 0.6) is 5.75 Å². The van der Waals surface area contributed by atoms with E-state index in [0.29, 0.717) is 18.4 Å². The van der Waals surface area contributed by atoms with E-state index in [1.807, 2.05) is 48.5 Å². The van der Waals surface area contributed by atoms with Crippen molar-refractivity contribution in [3.05, 3.63) is 41.5 Å². The zero-order valence-corrected chi connectivity index (χ0v) is 17.2. The minimum absolute atomic E-state index is 0.173. The highest BCUT2D eigenvalue weighted by molar-refractivity contribution is 7.99. The average Bonchev–Trinajstić information content (AvgIpc) is 3.02. The molecule has 0 amide bonds. The molecule has 8 heteroatoms. The summed E-state index contributed by atoms with van der Waals surface area (Å²) >= 11 is 1.83. The quantitative estimate of drug-likeness (QED) is 0.585. The summed E-state index contributed by atoms with van der Waals surface area (Å²) in [7, 11) is 1.96. The number of nitrogens with zero attached hydrogens (tertiary/aromatic N) is 4. The number of rotatable bonds is 6. The van der Waals surface area contributed by atoms with Gasteiger partial charge in [-0.25, -0.2) is 4.99 Å². The zero-order valence-electron chi connectivity index (χ0n) is 16.4. The van der Waals surface area contributed by atoms with Gasteiger partial charge in [0, 0.05) is 30.8 Å². The van der Waals surface area contributed by atoms with Crippen molar-refractivity contribution in [2.75, 3.05) is 19.4 Å². The van der Waals surface area contributed by atoms with E-state index in [2.05, 4.69) is 40.1 Å². The Balaban J connectivity index is 1.75. The average molecular weight is 389 g/mol. The van der Waals surface area contributed by atoms with Crippen LogP contribution in [0.25, 0.3) is 0 Å². The summed E-state index contributed by atoms with van der Waals surface area (Å²) in [6, 6.07) is 8.36. The summed E-state index contributed by atoms with van der Waals surface area (Å²) in [5.41, 5.74) is 1.17. The molecular weight excluding hydrogens is 360 g/mol. The molecule has 2 atom stereocenters. The van der Waals surface area contributed by atoms with Crippen LogP contribution in [0.3, 0.4) is 0 Å². The molecule has 0 aliphatic carbocycles. The van der Waals surface area contributed by atoms with Crippen LogP contribution >= 0.6 is 11.8 Å². The van der Waals surface area contributed by atoms with Crippen LogP contribution in [0.15, 0.2) is 29.3 Å². The van der Waals surface area contributed by atoms with Gasteiger partial charge < -0.3 is 19.9 Å². The SMILES string of the molecule is CSC(C)CNC(=NCc1nnc(C)n1C)NC1CCOc2ccccc21. The summed E-state index contributed by atoms with van der Waals surface area (Å²) in [5, 5.41) is 15.9. The largest absolute Gasteiger partial charge is 0.493 e. The molecule has 2 unspecified atom stereocenters. The van der Waals surface area contributed by atoms with E-state index >= 15 is 0 Å². The summed E-state index contributed by atoms with van der Waals surface area (Å²) < 4.78 is 7.74. The lowest BCUT2D eigenvalue weighted by Gasteiger charge is -2.28. The zero-order chi connectivity index (χ0) is 19.2. The monoisotopic (exact) mass is 388 g/mol. The van der Waals surface area contributed by atoms with Crippen LogP contribution in [-0.2, 0) is 13.6 Å². The van der Waals surface area contributed by atoms with E-state index < -0.39 is 0 Å². The van der Waals surface area contributed by atoms with Crippen molar-refractivity contribution in [3.63, 3.8) is 0 Å². The summed E-state index contributed by atoms with van der Waals surface area (Å²) in [6.45, 7) is 6.16. The fraction of sp³-hybridized carbons (Fsp3) is 0.526. The number of para-hydroxylation sites is 1. The number of hydrogen-bond donors (Lipinski definition) is 2. The van der Waals surface area contributed by atoms with Crippen LogP contribution in [0.4, 0.5) is 0 Å². The number of aliphatic imine (C=N–C) groups is 1. The Morgan fingerprint density at radius 2 is 2.22 bits per heavy atom. The Labute approximate surface area is 165 Å². The lowest BCUT2D eigenvalue weighted by molar-refractivity contribution is 0.261. The second-order valence-electron chi connectivity index (χ2n) is 6.69. The van der Waals surface area contributed by atoms with Gasteiger partial charge in [-0.3, -0.25) is 0 Å². The first-order valence-electron chi connectivity index (χ1n) is 9.22. The van der Waals surface area contributed by atoms with Crippen LogP contribution in [0.2, 0.25) is 0 Å². The lowest BCUT2D eigenvalue weighted by Crippen LogP contribution is -2.43. The molecule has 1 aliphatic heterocycles. The molecule has 7 nitrogen and oxygen atoms in total. The second kappa shape index (κ2) is 9.12. The highest BCUT2D eigenvalue weighted by Gasteiger charge is 2.22. The fourth-order valence-electron chi connectivity index (χ4n) is 2.87. The number of aryl methyl sites for hydroxylation is 1. The van der Waals surface area contributed by atoms with E-state index in [1.165, 1.54) is 5.56 Å². The number of ether oxygens (including phenoxy) is 1. The molecule has 1 aromatic carbocycles. The standard InChI is InChI=1S/C19H28N6OS/c1-13(27-4)11-20-19(21-12-18-24-23-14(2)25(18)3)22-16-9-10-26-17-8-6-5-7-15(16)17/h5-8,13,16H,9-12H2,1-4H3,(H2,20,21,22). The Morgan fingerprint density at radius 3 is 2.96 bits per heavy atom. The number of nitrogens with one attached hydrogen (secondary N) is 2. The van der Waals surface area contributed by atoms with E-state index in [-0.39, 0.29) is 6.04 Å². The van der Waals surface area contributed by atoms with Crippen molar-refractivity contribution >= 4 is 17.7 Å².